The predicted octanol–water partition coefficient (Wildman–Crippen LogP) is 4.68. The van der Waals surface area contributed by atoms with Gasteiger partial charge in [0.15, 0.2) is 0 Å². The van der Waals surface area contributed by atoms with Crippen molar-refractivity contribution in [3.8, 4) is 0 Å². The first kappa shape index (κ1) is 14.0. The SMILES string of the molecule is CNC(CSC1CCCC1)c1cc2cccc(C)c2o1. The van der Waals surface area contributed by atoms with E-state index in [0.29, 0.717) is 6.04 Å². The molecule has 1 saturated carbocycles. The Morgan fingerprint density at radius 3 is 2.85 bits per heavy atom. The molecule has 1 aromatic heterocycles. The molecule has 3 rings (SSSR count). The molecule has 1 aliphatic carbocycles. The fraction of sp³-hybridized carbons (Fsp3) is 0.529. The molecule has 0 amide bonds. The van der Waals surface area contributed by atoms with Gasteiger partial charge >= 0.3 is 0 Å². The second-order valence-corrected chi connectivity index (χ2v) is 7.06. The van der Waals surface area contributed by atoms with Gasteiger partial charge < -0.3 is 9.73 Å². The van der Waals surface area contributed by atoms with E-state index in [1.807, 2.05) is 7.05 Å². The summed E-state index contributed by atoms with van der Waals surface area (Å²) >= 11 is 2.10. The highest BCUT2D eigenvalue weighted by atomic mass is 32.2. The lowest BCUT2D eigenvalue weighted by Gasteiger charge is -2.16. The second kappa shape index (κ2) is 6.23. The van der Waals surface area contributed by atoms with Crippen LogP contribution in [0, 0.1) is 6.92 Å². The summed E-state index contributed by atoms with van der Waals surface area (Å²) in [5, 5.41) is 5.48. The molecule has 0 bridgehead atoms. The molecule has 1 aliphatic rings. The first-order valence-corrected chi connectivity index (χ1v) is 8.60. The van der Waals surface area contributed by atoms with Crippen LogP contribution in [0.3, 0.4) is 0 Å². The molecule has 1 N–H and O–H groups in total. The Balaban J connectivity index is 1.74. The average molecular weight is 289 g/mol. The highest BCUT2D eigenvalue weighted by Crippen LogP contribution is 2.33. The van der Waals surface area contributed by atoms with Crippen LogP contribution in [0.5, 0.6) is 0 Å². The second-order valence-electron chi connectivity index (χ2n) is 5.72. The molecule has 2 nitrogen and oxygen atoms in total. The summed E-state index contributed by atoms with van der Waals surface area (Å²) in [7, 11) is 2.03. The molecule has 3 heteroatoms. The minimum atomic E-state index is 0.312. The summed E-state index contributed by atoms with van der Waals surface area (Å²) in [5.41, 5.74) is 2.25. The summed E-state index contributed by atoms with van der Waals surface area (Å²) in [6.45, 7) is 2.11. The van der Waals surface area contributed by atoms with Gasteiger partial charge in [-0.3, -0.25) is 0 Å². The molecule has 1 fully saturated rings. The lowest BCUT2D eigenvalue weighted by Crippen LogP contribution is -2.19. The lowest BCUT2D eigenvalue weighted by atomic mass is 10.1. The zero-order chi connectivity index (χ0) is 13.9. The van der Waals surface area contributed by atoms with Gasteiger partial charge in [-0.2, -0.15) is 11.8 Å². The summed E-state index contributed by atoms with van der Waals surface area (Å²) in [6.07, 6.45) is 5.60. The minimum Gasteiger partial charge on any atom is -0.459 e. The van der Waals surface area contributed by atoms with E-state index in [-0.39, 0.29) is 0 Å². The van der Waals surface area contributed by atoms with E-state index < -0.39 is 0 Å². The van der Waals surface area contributed by atoms with Gasteiger partial charge in [-0.15, -0.1) is 0 Å². The van der Waals surface area contributed by atoms with Crippen LogP contribution in [0.2, 0.25) is 0 Å². The van der Waals surface area contributed by atoms with Gasteiger partial charge in [0.2, 0.25) is 0 Å². The number of aryl methyl sites for hydroxylation is 1. The van der Waals surface area contributed by atoms with Crippen LogP contribution in [0.1, 0.15) is 43.0 Å². The molecular weight excluding hydrogens is 266 g/mol. The van der Waals surface area contributed by atoms with E-state index in [1.165, 1.54) is 36.6 Å². The monoisotopic (exact) mass is 289 g/mol. The topological polar surface area (TPSA) is 25.2 Å². The Labute approximate surface area is 125 Å². The van der Waals surface area contributed by atoms with Gasteiger partial charge in [-0.05, 0) is 38.4 Å². The zero-order valence-electron chi connectivity index (χ0n) is 12.3. The number of nitrogens with one attached hydrogen (secondary N) is 1. The van der Waals surface area contributed by atoms with Gasteiger partial charge in [0.05, 0.1) is 6.04 Å². The summed E-state index contributed by atoms with van der Waals surface area (Å²) in [5.74, 6) is 2.17. The molecule has 20 heavy (non-hydrogen) atoms. The maximum Gasteiger partial charge on any atom is 0.137 e. The molecule has 1 aromatic carbocycles. The molecular formula is C17H23NOS. The van der Waals surface area contributed by atoms with Crippen molar-refractivity contribution in [2.45, 2.75) is 43.9 Å². The first-order chi connectivity index (χ1) is 9.78. The quantitative estimate of drug-likeness (QED) is 0.865. The van der Waals surface area contributed by atoms with Crippen LogP contribution >= 0.6 is 11.8 Å². The average Bonchev–Trinajstić information content (AvgIpc) is 3.09. The number of fused-ring (bicyclic) bond motifs is 1. The van der Waals surface area contributed by atoms with Gasteiger partial charge in [-0.1, -0.05) is 31.0 Å². The molecule has 0 spiro atoms. The third-order valence-electron chi connectivity index (χ3n) is 4.25. The Bertz CT molecular complexity index is 571. The summed E-state index contributed by atoms with van der Waals surface area (Å²) in [4.78, 5) is 0. The van der Waals surface area contributed by atoms with Gasteiger partial charge in [0, 0.05) is 16.4 Å². The van der Waals surface area contributed by atoms with Crippen molar-refractivity contribution in [2.24, 2.45) is 0 Å². The molecule has 1 heterocycles. The molecule has 0 radical (unpaired) electrons. The zero-order valence-corrected chi connectivity index (χ0v) is 13.1. The van der Waals surface area contributed by atoms with Crippen LogP contribution in [0.4, 0.5) is 0 Å². The van der Waals surface area contributed by atoms with Crippen molar-refractivity contribution in [1.29, 1.82) is 0 Å². The van der Waals surface area contributed by atoms with Crippen molar-refractivity contribution in [3.05, 3.63) is 35.6 Å². The smallest absolute Gasteiger partial charge is 0.137 e. The van der Waals surface area contributed by atoms with Gasteiger partial charge in [0.1, 0.15) is 11.3 Å². The normalized spacial score (nSPS) is 17.9. The first-order valence-electron chi connectivity index (χ1n) is 7.56. The van der Waals surface area contributed by atoms with E-state index in [4.69, 9.17) is 4.42 Å². The number of hydrogen-bond donors (Lipinski definition) is 1. The van der Waals surface area contributed by atoms with Crippen LogP contribution in [0.25, 0.3) is 11.0 Å². The standard InChI is InChI=1S/C17H23NOS/c1-12-6-5-7-13-10-16(19-17(12)13)15(18-2)11-20-14-8-3-4-9-14/h5-7,10,14-15,18H,3-4,8-9,11H2,1-2H3. The Kier molecular flexibility index (Phi) is 4.37. The highest BCUT2D eigenvalue weighted by Gasteiger charge is 2.20. The lowest BCUT2D eigenvalue weighted by molar-refractivity contribution is 0.478. The summed E-state index contributed by atoms with van der Waals surface area (Å²) in [6, 6.07) is 8.84. The number of para-hydroxylation sites is 1. The van der Waals surface area contributed by atoms with E-state index >= 15 is 0 Å². The van der Waals surface area contributed by atoms with Crippen molar-refractivity contribution in [2.75, 3.05) is 12.8 Å². The predicted molar refractivity (Wildman–Crippen MR) is 87.5 cm³/mol. The molecule has 1 unspecified atom stereocenters. The Morgan fingerprint density at radius 2 is 2.15 bits per heavy atom. The van der Waals surface area contributed by atoms with E-state index in [1.54, 1.807) is 0 Å². The van der Waals surface area contributed by atoms with Gasteiger partial charge in [-0.25, -0.2) is 0 Å². The number of furan rings is 1. The van der Waals surface area contributed by atoms with Crippen molar-refractivity contribution < 1.29 is 4.42 Å². The van der Waals surface area contributed by atoms with E-state index in [2.05, 4.69) is 48.3 Å². The third-order valence-corrected chi connectivity index (χ3v) is 5.72. The largest absolute Gasteiger partial charge is 0.459 e. The maximum absolute atomic E-state index is 6.09. The number of hydrogen-bond acceptors (Lipinski definition) is 3. The molecule has 1 atom stereocenters. The Hall–Kier alpha value is -0.930. The Morgan fingerprint density at radius 1 is 1.35 bits per heavy atom. The van der Waals surface area contributed by atoms with Crippen molar-refractivity contribution >= 4 is 22.7 Å². The van der Waals surface area contributed by atoms with Crippen LogP contribution in [0.15, 0.2) is 28.7 Å². The fourth-order valence-electron chi connectivity index (χ4n) is 3.00. The minimum absolute atomic E-state index is 0.312. The molecule has 2 aromatic rings. The van der Waals surface area contributed by atoms with Crippen molar-refractivity contribution in [1.82, 2.24) is 5.32 Å². The maximum atomic E-state index is 6.09. The number of thioether (sulfide) groups is 1. The van der Waals surface area contributed by atoms with Crippen LogP contribution in [-0.2, 0) is 0 Å². The van der Waals surface area contributed by atoms with E-state index in [0.717, 1.165) is 22.3 Å². The number of benzene rings is 1. The third kappa shape index (κ3) is 2.89. The molecule has 108 valence electrons. The number of rotatable bonds is 5. The summed E-state index contributed by atoms with van der Waals surface area (Å²) < 4.78 is 6.09. The van der Waals surface area contributed by atoms with Crippen LogP contribution in [-0.4, -0.2) is 18.1 Å². The van der Waals surface area contributed by atoms with Crippen molar-refractivity contribution in [3.63, 3.8) is 0 Å². The highest BCUT2D eigenvalue weighted by molar-refractivity contribution is 7.99. The van der Waals surface area contributed by atoms with E-state index in [9.17, 15) is 0 Å². The molecule has 0 saturated heterocycles. The molecule has 0 aliphatic heterocycles. The van der Waals surface area contributed by atoms with Crippen LogP contribution < -0.4 is 5.32 Å². The van der Waals surface area contributed by atoms with Gasteiger partial charge in [0.25, 0.3) is 0 Å². The fourth-order valence-corrected chi connectivity index (χ4v) is 4.46.